The van der Waals surface area contributed by atoms with Crippen LogP contribution < -0.4 is 0 Å². The van der Waals surface area contributed by atoms with Gasteiger partial charge in [0.25, 0.3) is 6.43 Å². The van der Waals surface area contributed by atoms with Crippen LogP contribution in [0.1, 0.15) is 17.7 Å². The number of aryl methyl sites for hydroxylation is 1. The Morgan fingerprint density at radius 2 is 2.38 bits per heavy atom. The monoisotopic (exact) mass is 206 g/mol. The lowest BCUT2D eigenvalue weighted by atomic mass is 10.1. The van der Waals surface area contributed by atoms with Crippen molar-refractivity contribution in [1.82, 2.24) is 9.78 Å². The quantitative estimate of drug-likeness (QED) is 0.696. The van der Waals surface area contributed by atoms with Gasteiger partial charge in [0.2, 0.25) is 0 Å². The normalized spacial score (nSPS) is 10.8. The maximum absolute atomic E-state index is 12.4. The van der Waals surface area contributed by atoms with Crippen LogP contribution >= 0.6 is 11.6 Å². The van der Waals surface area contributed by atoms with Gasteiger partial charge in [0.1, 0.15) is 5.69 Å². The second-order valence-electron chi connectivity index (χ2n) is 2.64. The van der Waals surface area contributed by atoms with Crippen molar-refractivity contribution in [2.45, 2.75) is 6.43 Å². The molecule has 72 valence electrons. The van der Waals surface area contributed by atoms with Gasteiger partial charge < -0.3 is 0 Å². The molecule has 1 aromatic rings. The molecule has 0 aromatic carbocycles. The van der Waals surface area contributed by atoms with Crippen molar-refractivity contribution >= 4 is 17.2 Å². The maximum atomic E-state index is 12.4. The van der Waals surface area contributed by atoms with Gasteiger partial charge in [-0.3, -0.25) is 4.68 Å². The molecule has 1 heterocycles. The van der Waals surface area contributed by atoms with Crippen LogP contribution in [0.15, 0.2) is 12.8 Å². The van der Waals surface area contributed by atoms with Crippen molar-refractivity contribution in [1.29, 1.82) is 0 Å². The Kier molecular flexibility index (Phi) is 3.03. The molecule has 0 saturated heterocycles. The van der Waals surface area contributed by atoms with Gasteiger partial charge in [0.15, 0.2) is 0 Å². The topological polar surface area (TPSA) is 17.8 Å². The minimum absolute atomic E-state index is 0.130. The first-order valence-corrected chi connectivity index (χ1v) is 4.15. The van der Waals surface area contributed by atoms with Crippen LogP contribution in [0.4, 0.5) is 8.78 Å². The molecule has 2 nitrogen and oxygen atoms in total. The minimum Gasteiger partial charge on any atom is -0.275 e. The predicted molar refractivity (Wildman–Crippen MR) is 47.9 cm³/mol. The summed E-state index contributed by atoms with van der Waals surface area (Å²) < 4.78 is 26.1. The lowest BCUT2D eigenvalue weighted by molar-refractivity contribution is 0.145. The third-order valence-electron chi connectivity index (χ3n) is 1.61. The fourth-order valence-corrected chi connectivity index (χ4v) is 1.16. The van der Waals surface area contributed by atoms with E-state index in [1.165, 1.54) is 10.9 Å². The van der Waals surface area contributed by atoms with Crippen LogP contribution in [0.25, 0.3) is 5.57 Å². The summed E-state index contributed by atoms with van der Waals surface area (Å²) in [7, 11) is 1.58. The lowest BCUT2D eigenvalue weighted by Gasteiger charge is -2.00. The van der Waals surface area contributed by atoms with E-state index in [2.05, 4.69) is 11.7 Å². The summed E-state index contributed by atoms with van der Waals surface area (Å²) in [5, 5.41) is 3.63. The molecule has 0 amide bonds. The van der Waals surface area contributed by atoms with Crippen LogP contribution in [0, 0.1) is 0 Å². The molecule has 13 heavy (non-hydrogen) atoms. The van der Waals surface area contributed by atoms with E-state index in [-0.39, 0.29) is 11.6 Å². The molecule has 0 aliphatic heterocycles. The van der Waals surface area contributed by atoms with E-state index in [1.807, 2.05) is 0 Å². The Morgan fingerprint density at radius 1 is 1.77 bits per heavy atom. The van der Waals surface area contributed by atoms with Crippen molar-refractivity contribution in [3.8, 4) is 0 Å². The molecule has 0 spiro atoms. The maximum Gasteiger partial charge on any atom is 0.282 e. The summed E-state index contributed by atoms with van der Waals surface area (Å²) in [6.45, 7) is 3.58. The molecule has 0 aliphatic carbocycles. The van der Waals surface area contributed by atoms with Gasteiger partial charge in [0, 0.05) is 24.7 Å². The van der Waals surface area contributed by atoms with Gasteiger partial charge in [-0.2, -0.15) is 5.10 Å². The first-order chi connectivity index (χ1) is 6.06. The number of hydrogen-bond donors (Lipinski definition) is 0. The van der Waals surface area contributed by atoms with Crippen molar-refractivity contribution in [2.75, 3.05) is 5.88 Å². The number of aromatic nitrogens is 2. The summed E-state index contributed by atoms with van der Waals surface area (Å²) in [5.41, 5.74) is 0.547. The highest BCUT2D eigenvalue weighted by Gasteiger charge is 2.18. The van der Waals surface area contributed by atoms with E-state index in [4.69, 9.17) is 11.6 Å². The summed E-state index contributed by atoms with van der Waals surface area (Å²) in [4.78, 5) is 0. The molecule has 1 aromatic heterocycles. The number of hydrogen-bond acceptors (Lipinski definition) is 1. The molecular formula is C8H9ClF2N2. The van der Waals surface area contributed by atoms with E-state index in [1.54, 1.807) is 7.05 Å². The molecule has 0 bridgehead atoms. The average molecular weight is 207 g/mol. The van der Waals surface area contributed by atoms with Crippen LogP contribution in [0.2, 0.25) is 0 Å². The standard InChI is InChI=1S/C8H9ClF2N2/c1-5(3-9)6-4-13(2)12-7(6)8(10)11/h4,8H,1,3H2,2H3. The number of allylic oxidation sites excluding steroid dienone is 1. The van der Waals surface area contributed by atoms with Crippen LogP contribution in [0.3, 0.4) is 0 Å². The van der Waals surface area contributed by atoms with Crippen LogP contribution in [-0.4, -0.2) is 15.7 Å². The second-order valence-corrected chi connectivity index (χ2v) is 2.91. The Bertz CT molecular complexity index is 320. The van der Waals surface area contributed by atoms with Crippen molar-refractivity contribution in [3.05, 3.63) is 24.0 Å². The fraction of sp³-hybridized carbons (Fsp3) is 0.375. The van der Waals surface area contributed by atoms with Crippen molar-refractivity contribution in [3.63, 3.8) is 0 Å². The Morgan fingerprint density at radius 3 is 2.85 bits per heavy atom. The third-order valence-corrected chi connectivity index (χ3v) is 1.93. The van der Waals surface area contributed by atoms with Gasteiger partial charge >= 0.3 is 0 Å². The highest BCUT2D eigenvalue weighted by molar-refractivity contribution is 6.23. The zero-order valence-corrected chi connectivity index (χ0v) is 7.85. The molecular weight excluding hydrogens is 198 g/mol. The first-order valence-electron chi connectivity index (χ1n) is 3.62. The molecule has 0 unspecified atom stereocenters. The number of halogens is 3. The van der Waals surface area contributed by atoms with E-state index < -0.39 is 6.43 Å². The molecule has 5 heteroatoms. The molecule has 0 atom stereocenters. The second kappa shape index (κ2) is 3.87. The average Bonchev–Trinajstić information content (AvgIpc) is 2.46. The third kappa shape index (κ3) is 2.06. The largest absolute Gasteiger partial charge is 0.282 e. The van der Waals surface area contributed by atoms with Crippen LogP contribution in [0.5, 0.6) is 0 Å². The van der Waals surface area contributed by atoms with Crippen molar-refractivity contribution < 1.29 is 8.78 Å². The van der Waals surface area contributed by atoms with Gasteiger partial charge in [-0.05, 0) is 5.57 Å². The molecule has 0 aliphatic rings. The number of rotatable bonds is 3. The summed E-state index contributed by atoms with van der Waals surface area (Å²) in [5.74, 6) is 0.130. The van der Waals surface area contributed by atoms with Gasteiger partial charge in [0.05, 0.1) is 0 Å². The van der Waals surface area contributed by atoms with Crippen molar-refractivity contribution in [2.24, 2.45) is 7.05 Å². The van der Waals surface area contributed by atoms with Gasteiger partial charge in [-0.1, -0.05) is 6.58 Å². The Labute approximate surface area is 79.8 Å². The minimum atomic E-state index is -2.59. The number of alkyl halides is 3. The zero-order valence-electron chi connectivity index (χ0n) is 7.10. The van der Waals surface area contributed by atoms with Gasteiger partial charge in [-0.15, -0.1) is 11.6 Å². The zero-order chi connectivity index (χ0) is 10.0. The molecule has 0 N–H and O–H groups in total. The van der Waals surface area contributed by atoms with E-state index in [0.29, 0.717) is 11.1 Å². The lowest BCUT2D eigenvalue weighted by Crippen LogP contribution is -1.93. The fourth-order valence-electron chi connectivity index (χ4n) is 1.01. The van der Waals surface area contributed by atoms with Gasteiger partial charge in [-0.25, -0.2) is 8.78 Å². The van der Waals surface area contributed by atoms with E-state index in [9.17, 15) is 8.78 Å². The summed E-state index contributed by atoms with van der Waals surface area (Å²) >= 11 is 5.49. The molecule has 0 fully saturated rings. The van der Waals surface area contributed by atoms with E-state index in [0.717, 1.165) is 0 Å². The molecule has 0 radical (unpaired) electrons. The molecule has 1 rings (SSSR count). The number of nitrogens with zero attached hydrogens (tertiary/aromatic N) is 2. The predicted octanol–water partition coefficient (Wildman–Crippen LogP) is 2.61. The van der Waals surface area contributed by atoms with E-state index >= 15 is 0 Å². The Hall–Kier alpha value is -0.900. The SMILES string of the molecule is C=C(CCl)c1cn(C)nc1C(F)F. The first kappa shape index (κ1) is 10.2. The summed E-state index contributed by atoms with van der Waals surface area (Å²) in [6.07, 6.45) is -1.09. The van der Waals surface area contributed by atoms with Crippen LogP contribution in [-0.2, 0) is 7.05 Å². The summed E-state index contributed by atoms with van der Waals surface area (Å²) in [6, 6.07) is 0. The molecule has 0 saturated carbocycles. The Balaban J connectivity index is 3.11. The highest BCUT2D eigenvalue weighted by Crippen LogP contribution is 2.26. The smallest absolute Gasteiger partial charge is 0.275 e. The highest BCUT2D eigenvalue weighted by atomic mass is 35.5.